The van der Waals surface area contributed by atoms with Gasteiger partial charge < -0.3 is 20.3 Å². The minimum Gasteiger partial charge on any atom is -0.381 e. The average molecular weight is 526 g/mol. The molecule has 1 fully saturated rings. The van der Waals surface area contributed by atoms with Crippen LogP contribution in [-0.2, 0) is 4.74 Å². The third-order valence-corrected chi connectivity index (χ3v) is 5.74. The van der Waals surface area contributed by atoms with Crippen molar-refractivity contribution in [2.75, 3.05) is 40.4 Å². The molecule has 0 spiro atoms. The number of ether oxygens (including phenoxy) is 1. The van der Waals surface area contributed by atoms with Crippen LogP contribution in [0.3, 0.4) is 0 Å². The first-order chi connectivity index (χ1) is 14.0. The van der Waals surface area contributed by atoms with Crippen molar-refractivity contribution in [2.45, 2.75) is 38.3 Å². The van der Waals surface area contributed by atoms with E-state index in [4.69, 9.17) is 9.73 Å². The lowest BCUT2D eigenvalue weighted by molar-refractivity contribution is -0.00255. The standard InChI is InChI=1S/C22H34N6O.HI/c1-5-23-21(24-17-22(27(3)4)10-14-29-15-11-22)26-18(2)19-8-6-9-20(16-19)28-13-7-12-25-28;/h6-9,12-13,16,18H,5,10-11,14-15,17H2,1-4H3,(H2,23,24,26);1H. The Morgan fingerprint density at radius 1 is 1.30 bits per heavy atom. The topological polar surface area (TPSA) is 66.7 Å². The summed E-state index contributed by atoms with van der Waals surface area (Å²) in [5.74, 6) is 0.845. The van der Waals surface area contributed by atoms with Gasteiger partial charge in [0.15, 0.2) is 5.96 Å². The summed E-state index contributed by atoms with van der Waals surface area (Å²) in [6.45, 7) is 7.42. The molecular weight excluding hydrogens is 491 g/mol. The Balaban J connectivity index is 0.00000320. The molecule has 1 atom stereocenters. The minimum atomic E-state index is 0. The van der Waals surface area contributed by atoms with Gasteiger partial charge in [-0.1, -0.05) is 12.1 Å². The van der Waals surface area contributed by atoms with Crippen LogP contribution in [0.25, 0.3) is 5.69 Å². The number of hydrogen-bond acceptors (Lipinski definition) is 4. The fourth-order valence-electron chi connectivity index (χ4n) is 3.69. The second kappa shape index (κ2) is 11.7. The third-order valence-electron chi connectivity index (χ3n) is 5.74. The lowest BCUT2D eigenvalue weighted by atomic mass is 9.89. The predicted molar refractivity (Wildman–Crippen MR) is 133 cm³/mol. The Morgan fingerprint density at radius 2 is 2.07 bits per heavy atom. The van der Waals surface area contributed by atoms with Crippen LogP contribution in [0.2, 0.25) is 0 Å². The maximum absolute atomic E-state index is 5.58. The monoisotopic (exact) mass is 526 g/mol. The first kappa shape index (κ1) is 24.6. The molecule has 2 aromatic rings. The van der Waals surface area contributed by atoms with Crippen LogP contribution in [-0.4, -0.2) is 66.6 Å². The van der Waals surface area contributed by atoms with Gasteiger partial charge in [-0.25, -0.2) is 4.68 Å². The van der Waals surface area contributed by atoms with E-state index >= 15 is 0 Å². The fourth-order valence-corrected chi connectivity index (χ4v) is 3.69. The Bertz CT molecular complexity index is 787. The highest BCUT2D eigenvalue weighted by Gasteiger charge is 2.34. The number of hydrogen-bond donors (Lipinski definition) is 2. The molecule has 30 heavy (non-hydrogen) atoms. The summed E-state index contributed by atoms with van der Waals surface area (Å²) in [6, 6.07) is 10.5. The number of likely N-dealkylation sites (N-methyl/N-ethyl adjacent to an activating group) is 1. The molecule has 7 nitrogen and oxygen atoms in total. The van der Waals surface area contributed by atoms with E-state index in [-0.39, 0.29) is 35.6 Å². The second-order valence-electron chi connectivity index (χ2n) is 7.84. The van der Waals surface area contributed by atoms with Crippen LogP contribution in [0.15, 0.2) is 47.7 Å². The smallest absolute Gasteiger partial charge is 0.191 e. The van der Waals surface area contributed by atoms with Gasteiger partial charge in [-0.05, 0) is 64.5 Å². The van der Waals surface area contributed by atoms with Crippen LogP contribution < -0.4 is 10.6 Å². The van der Waals surface area contributed by atoms with Gasteiger partial charge in [0.05, 0.1) is 18.3 Å². The van der Waals surface area contributed by atoms with Crippen molar-refractivity contribution < 1.29 is 4.74 Å². The molecule has 0 radical (unpaired) electrons. The van der Waals surface area contributed by atoms with Crippen LogP contribution in [0.4, 0.5) is 0 Å². The normalized spacial score (nSPS) is 17.3. The summed E-state index contributed by atoms with van der Waals surface area (Å²) in [4.78, 5) is 7.25. The zero-order valence-corrected chi connectivity index (χ0v) is 20.8. The van der Waals surface area contributed by atoms with Gasteiger partial charge in [-0.15, -0.1) is 24.0 Å². The molecule has 2 heterocycles. The van der Waals surface area contributed by atoms with Crippen molar-refractivity contribution in [1.82, 2.24) is 25.3 Å². The molecule has 2 N–H and O–H groups in total. The molecule has 1 aliphatic heterocycles. The predicted octanol–water partition coefficient (Wildman–Crippen LogP) is 3.22. The number of rotatable bonds is 7. The molecule has 0 aliphatic carbocycles. The van der Waals surface area contributed by atoms with Crippen molar-refractivity contribution in [3.8, 4) is 5.69 Å². The first-order valence-electron chi connectivity index (χ1n) is 10.4. The Hall–Kier alpha value is -1.65. The average Bonchev–Trinajstić information content (AvgIpc) is 3.28. The number of guanidine groups is 1. The highest BCUT2D eigenvalue weighted by Crippen LogP contribution is 2.26. The van der Waals surface area contributed by atoms with Gasteiger partial charge in [0.2, 0.25) is 0 Å². The SMILES string of the molecule is CCNC(=NCC1(N(C)C)CCOCC1)NC(C)c1cccc(-n2cccn2)c1.I. The van der Waals surface area contributed by atoms with Gasteiger partial charge in [0.25, 0.3) is 0 Å². The molecule has 0 amide bonds. The molecule has 8 heteroatoms. The molecule has 1 unspecified atom stereocenters. The molecule has 166 valence electrons. The molecule has 1 saturated heterocycles. The first-order valence-corrected chi connectivity index (χ1v) is 10.4. The van der Waals surface area contributed by atoms with E-state index in [0.29, 0.717) is 0 Å². The molecule has 0 saturated carbocycles. The largest absolute Gasteiger partial charge is 0.381 e. The summed E-state index contributed by atoms with van der Waals surface area (Å²) >= 11 is 0. The summed E-state index contributed by atoms with van der Waals surface area (Å²) in [6.07, 6.45) is 5.76. The van der Waals surface area contributed by atoms with Crippen LogP contribution in [0, 0.1) is 0 Å². The van der Waals surface area contributed by atoms with Crippen molar-refractivity contribution >= 4 is 29.9 Å². The molecular formula is C22H35IN6O. The second-order valence-corrected chi connectivity index (χ2v) is 7.84. The molecule has 1 aromatic carbocycles. The van der Waals surface area contributed by atoms with Crippen molar-refractivity contribution in [2.24, 2.45) is 4.99 Å². The van der Waals surface area contributed by atoms with E-state index in [1.54, 1.807) is 6.20 Å². The summed E-state index contributed by atoms with van der Waals surface area (Å²) in [5, 5.41) is 11.3. The van der Waals surface area contributed by atoms with Gasteiger partial charge in [-0.2, -0.15) is 5.10 Å². The van der Waals surface area contributed by atoms with Crippen molar-refractivity contribution in [1.29, 1.82) is 0 Å². The summed E-state index contributed by atoms with van der Waals surface area (Å²) < 4.78 is 7.46. The zero-order chi connectivity index (χ0) is 20.7. The molecule has 1 aromatic heterocycles. The Morgan fingerprint density at radius 3 is 2.70 bits per heavy atom. The lowest BCUT2D eigenvalue weighted by Crippen LogP contribution is -2.51. The maximum atomic E-state index is 5.58. The zero-order valence-electron chi connectivity index (χ0n) is 18.5. The lowest BCUT2D eigenvalue weighted by Gasteiger charge is -2.41. The van der Waals surface area contributed by atoms with Crippen LogP contribution in [0.5, 0.6) is 0 Å². The van der Waals surface area contributed by atoms with E-state index in [2.05, 4.69) is 72.8 Å². The van der Waals surface area contributed by atoms with Gasteiger partial charge in [-0.3, -0.25) is 4.99 Å². The van der Waals surface area contributed by atoms with E-state index in [1.165, 1.54) is 5.56 Å². The third kappa shape index (κ3) is 6.18. The van der Waals surface area contributed by atoms with E-state index in [0.717, 1.165) is 50.8 Å². The van der Waals surface area contributed by atoms with Crippen molar-refractivity contribution in [3.05, 3.63) is 48.3 Å². The number of halogens is 1. The molecule has 3 rings (SSSR count). The molecule has 1 aliphatic rings. The number of nitrogens with zero attached hydrogens (tertiary/aromatic N) is 4. The number of aromatic nitrogens is 2. The highest BCUT2D eigenvalue weighted by atomic mass is 127. The van der Waals surface area contributed by atoms with E-state index < -0.39 is 0 Å². The Kier molecular flexibility index (Phi) is 9.57. The van der Waals surface area contributed by atoms with Crippen LogP contribution in [0.1, 0.15) is 38.3 Å². The van der Waals surface area contributed by atoms with E-state index in [9.17, 15) is 0 Å². The fraction of sp³-hybridized carbons (Fsp3) is 0.545. The number of nitrogens with one attached hydrogen (secondary N) is 2. The minimum absolute atomic E-state index is 0. The molecule has 0 bridgehead atoms. The number of benzene rings is 1. The maximum Gasteiger partial charge on any atom is 0.191 e. The Labute approximate surface area is 197 Å². The van der Waals surface area contributed by atoms with Crippen molar-refractivity contribution in [3.63, 3.8) is 0 Å². The quantitative estimate of drug-likeness (QED) is 0.330. The summed E-state index contributed by atoms with van der Waals surface area (Å²) in [5.41, 5.74) is 2.30. The van der Waals surface area contributed by atoms with E-state index in [1.807, 2.05) is 16.9 Å². The van der Waals surface area contributed by atoms with Gasteiger partial charge in [0.1, 0.15) is 0 Å². The van der Waals surface area contributed by atoms with Crippen LogP contribution >= 0.6 is 24.0 Å². The van der Waals surface area contributed by atoms with Gasteiger partial charge in [0, 0.05) is 37.7 Å². The number of aliphatic imine (C=N–C) groups is 1. The summed E-state index contributed by atoms with van der Waals surface area (Å²) in [7, 11) is 4.29. The highest BCUT2D eigenvalue weighted by molar-refractivity contribution is 14.0. The van der Waals surface area contributed by atoms with Gasteiger partial charge >= 0.3 is 0 Å².